The van der Waals surface area contributed by atoms with Gasteiger partial charge in [-0.15, -0.1) is 0 Å². The van der Waals surface area contributed by atoms with Crippen molar-refractivity contribution in [1.29, 1.82) is 0 Å². The largest absolute Gasteiger partial charge is 0.480 e. The molecule has 0 saturated heterocycles. The molecule has 2 N–H and O–H groups in total. The lowest BCUT2D eigenvalue weighted by molar-refractivity contribution is -0.137. The van der Waals surface area contributed by atoms with Crippen LogP contribution >= 0.6 is 0 Å². The van der Waals surface area contributed by atoms with Crippen LogP contribution in [0.3, 0.4) is 0 Å². The summed E-state index contributed by atoms with van der Waals surface area (Å²) in [7, 11) is 0. The molecule has 0 aliphatic rings. The number of carboxylic acid groups (broad SMARTS) is 1. The summed E-state index contributed by atoms with van der Waals surface area (Å²) in [6.45, 7) is 1.81. The van der Waals surface area contributed by atoms with Crippen molar-refractivity contribution in [3.63, 3.8) is 0 Å². The summed E-state index contributed by atoms with van der Waals surface area (Å²) < 4.78 is 0. The van der Waals surface area contributed by atoms with Crippen LogP contribution in [0.2, 0.25) is 0 Å². The second-order valence-electron chi connectivity index (χ2n) is 4.07. The van der Waals surface area contributed by atoms with E-state index in [0.717, 1.165) is 5.56 Å². The van der Waals surface area contributed by atoms with Gasteiger partial charge in [-0.25, -0.2) is 14.8 Å². The van der Waals surface area contributed by atoms with Crippen LogP contribution in [-0.2, 0) is 4.79 Å². The first kappa shape index (κ1) is 13.0. The fourth-order valence-electron chi connectivity index (χ4n) is 1.68. The molecular weight excluding hydrogens is 242 g/mol. The highest BCUT2D eigenvalue weighted by Crippen LogP contribution is 2.16. The number of nitrogens with one attached hydrogen (secondary N) is 1. The van der Waals surface area contributed by atoms with E-state index in [2.05, 4.69) is 15.3 Å². The summed E-state index contributed by atoms with van der Waals surface area (Å²) in [6.07, 6.45) is 2.10. The molecule has 1 unspecified atom stereocenters. The molecule has 5 heteroatoms. The summed E-state index contributed by atoms with van der Waals surface area (Å²) in [4.78, 5) is 19.5. The van der Waals surface area contributed by atoms with Gasteiger partial charge in [0, 0.05) is 11.8 Å². The Morgan fingerprint density at radius 1 is 1.32 bits per heavy atom. The zero-order chi connectivity index (χ0) is 13.7. The van der Waals surface area contributed by atoms with Crippen molar-refractivity contribution in [3.8, 4) is 11.4 Å². The van der Waals surface area contributed by atoms with Gasteiger partial charge in [0.25, 0.3) is 0 Å². The number of hydrogen-bond acceptors (Lipinski definition) is 4. The van der Waals surface area contributed by atoms with E-state index in [1.165, 1.54) is 0 Å². The van der Waals surface area contributed by atoms with E-state index in [1.807, 2.05) is 37.3 Å². The molecule has 0 spiro atoms. The molecule has 0 saturated carbocycles. The number of aliphatic carboxylic acids is 1. The smallest absolute Gasteiger partial charge is 0.326 e. The average Bonchev–Trinajstić information content (AvgIpc) is 2.45. The fourth-order valence-corrected chi connectivity index (χ4v) is 1.68. The van der Waals surface area contributed by atoms with Crippen LogP contribution < -0.4 is 5.32 Å². The van der Waals surface area contributed by atoms with E-state index in [-0.39, 0.29) is 0 Å². The van der Waals surface area contributed by atoms with Crippen LogP contribution in [0.4, 0.5) is 5.82 Å². The Kier molecular flexibility index (Phi) is 4.07. The van der Waals surface area contributed by atoms with Gasteiger partial charge in [0.15, 0.2) is 5.82 Å². The molecule has 0 bridgehead atoms. The molecule has 1 atom stereocenters. The third-order valence-corrected chi connectivity index (χ3v) is 2.72. The average molecular weight is 257 g/mol. The minimum atomic E-state index is -0.887. The lowest BCUT2D eigenvalue weighted by Gasteiger charge is -2.13. The zero-order valence-electron chi connectivity index (χ0n) is 10.6. The van der Waals surface area contributed by atoms with Gasteiger partial charge in [-0.1, -0.05) is 37.3 Å². The zero-order valence-corrected chi connectivity index (χ0v) is 10.6. The Morgan fingerprint density at radius 2 is 2.05 bits per heavy atom. The van der Waals surface area contributed by atoms with Crippen molar-refractivity contribution < 1.29 is 9.90 Å². The summed E-state index contributed by atoms with van der Waals surface area (Å²) in [5.41, 5.74) is 0.898. The molecule has 98 valence electrons. The number of rotatable bonds is 5. The molecule has 0 aliphatic heterocycles. The Hall–Kier alpha value is -2.43. The maximum Gasteiger partial charge on any atom is 0.326 e. The second kappa shape index (κ2) is 5.95. The molecule has 2 aromatic rings. The van der Waals surface area contributed by atoms with Gasteiger partial charge in [0.1, 0.15) is 11.9 Å². The van der Waals surface area contributed by atoms with Crippen LogP contribution in [0.15, 0.2) is 42.6 Å². The minimum Gasteiger partial charge on any atom is -0.480 e. The van der Waals surface area contributed by atoms with Crippen LogP contribution in [0.5, 0.6) is 0 Å². The molecule has 1 heterocycles. The van der Waals surface area contributed by atoms with E-state index in [9.17, 15) is 4.79 Å². The van der Waals surface area contributed by atoms with Crippen LogP contribution in [0, 0.1) is 0 Å². The van der Waals surface area contributed by atoms with Gasteiger partial charge in [0.2, 0.25) is 0 Å². The number of benzene rings is 1. The Morgan fingerprint density at radius 3 is 2.68 bits per heavy atom. The molecule has 0 radical (unpaired) electrons. The van der Waals surface area contributed by atoms with E-state index in [4.69, 9.17) is 5.11 Å². The Labute approximate surface area is 111 Å². The molecule has 0 fully saturated rings. The Bertz CT molecular complexity index is 558. The quantitative estimate of drug-likeness (QED) is 0.860. The van der Waals surface area contributed by atoms with Crippen LogP contribution in [0.25, 0.3) is 11.4 Å². The minimum absolute atomic E-state index is 0.486. The van der Waals surface area contributed by atoms with Crippen molar-refractivity contribution in [2.45, 2.75) is 19.4 Å². The maximum absolute atomic E-state index is 11.0. The van der Waals surface area contributed by atoms with Crippen molar-refractivity contribution in [1.82, 2.24) is 9.97 Å². The van der Waals surface area contributed by atoms with Crippen LogP contribution in [0.1, 0.15) is 13.3 Å². The van der Waals surface area contributed by atoms with Crippen molar-refractivity contribution >= 4 is 11.8 Å². The third kappa shape index (κ3) is 3.28. The van der Waals surface area contributed by atoms with Crippen molar-refractivity contribution in [2.24, 2.45) is 0 Å². The molecule has 19 heavy (non-hydrogen) atoms. The first-order chi connectivity index (χ1) is 9.20. The number of nitrogens with zero attached hydrogens (tertiary/aromatic N) is 2. The highest BCUT2D eigenvalue weighted by Gasteiger charge is 2.15. The fraction of sp³-hybridized carbons (Fsp3) is 0.214. The third-order valence-electron chi connectivity index (χ3n) is 2.72. The SMILES string of the molecule is CCC(Nc1ccnc(-c2ccccc2)n1)C(=O)O. The maximum atomic E-state index is 11.0. The van der Waals surface area contributed by atoms with Crippen molar-refractivity contribution in [3.05, 3.63) is 42.6 Å². The van der Waals surface area contributed by atoms with E-state index in [0.29, 0.717) is 18.1 Å². The van der Waals surface area contributed by atoms with Gasteiger partial charge in [0.05, 0.1) is 0 Å². The van der Waals surface area contributed by atoms with E-state index >= 15 is 0 Å². The molecule has 1 aromatic carbocycles. The number of anilines is 1. The standard InChI is InChI=1S/C14H15N3O2/c1-2-11(14(18)19)16-12-8-9-15-13(17-12)10-6-4-3-5-7-10/h3-9,11H,2H2,1H3,(H,18,19)(H,15,16,17). The molecule has 2 rings (SSSR count). The highest BCUT2D eigenvalue weighted by atomic mass is 16.4. The predicted molar refractivity (Wildman–Crippen MR) is 72.8 cm³/mol. The number of carboxylic acids is 1. The summed E-state index contributed by atoms with van der Waals surface area (Å²) >= 11 is 0. The van der Waals surface area contributed by atoms with Crippen LogP contribution in [-0.4, -0.2) is 27.1 Å². The lowest BCUT2D eigenvalue weighted by atomic mass is 10.2. The van der Waals surface area contributed by atoms with Gasteiger partial charge in [-0.05, 0) is 12.5 Å². The second-order valence-corrected chi connectivity index (χ2v) is 4.07. The molecule has 0 amide bonds. The first-order valence-corrected chi connectivity index (χ1v) is 6.08. The van der Waals surface area contributed by atoms with E-state index < -0.39 is 12.0 Å². The number of carbonyl (C=O) groups is 1. The van der Waals surface area contributed by atoms with E-state index in [1.54, 1.807) is 12.3 Å². The van der Waals surface area contributed by atoms with Gasteiger partial charge in [-0.2, -0.15) is 0 Å². The lowest BCUT2D eigenvalue weighted by Crippen LogP contribution is -2.28. The highest BCUT2D eigenvalue weighted by molar-refractivity contribution is 5.76. The summed E-state index contributed by atoms with van der Waals surface area (Å²) in [5.74, 6) is 0.205. The molecular formula is C14H15N3O2. The predicted octanol–water partition coefficient (Wildman–Crippen LogP) is 2.42. The Balaban J connectivity index is 2.23. The van der Waals surface area contributed by atoms with Gasteiger partial charge in [-0.3, -0.25) is 0 Å². The molecule has 0 aliphatic carbocycles. The number of hydrogen-bond donors (Lipinski definition) is 2. The first-order valence-electron chi connectivity index (χ1n) is 6.08. The normalized spacial score (nSPS) is 11.8. The number of aromatic nitrogens is 2. The molecule has 5 nitrogen and oxygen atoms in total. The summed E-state index contributed by atoms with van der Waals surface area (Å²) in [5, 5.41) is 11.9. The monoisotopic (exact) mass is 257 g/mol. The summed E-state index contributed by atoms with van der Waals surface area (Å²) in [6, 6.07) is 10.6. The van der Waals surface area contributed by atoms with Gasteiger partial charge < -0.3 is 10.4 Å². The topological polar surface area (TPSA) is 75.1 Å². The van der Waals surface area contributed by atoms with Gasteiger partial charge >= 0.3 is 5.97 Å². The van der Waals surface area contributed by atoms with Crippen molar-refractivity contribution in [2.75, 3.05) is 5.32 Å². The molecule has 1 aromatic heterocycles.